The van der Waals surface area contributed by atoms with Crippen molar-refractivity contribution in [1.82, 2.24) is 15.0 Å². The topological polar surface area (TPSA) is 51.8 Å². The Hall–Kier alpha value is -2.98. The van der Waals surface area contributed by atoms with E-state index in [-0.39, 0.29) is 5.28 Å². The molecule has 0 saturated carbocycles. The SMILES string of the molecule is C=Cc1c(C)oc2cc(-c3nc(Cl)nc(-c4ccccc4)n3)ccc12. The minimum Gasteiger partial charge on any atom is -0.461 e. The molecule has 0 unspecified atom stereocenters. The van der Waals surface area contributed by atoms with Crippen molar-refractivity contribution in [2.24, 2.45) is 0 Å². The van der Waals surface area contributed by atoms with E-state index in [9.17, 15) is 0 Å². The van der Waals surface area contributed by atoms with Crippen molar-refractivity contribution in [2.75, 3.05) is 0 Å². The van der Waals surface area contributed by atoms with Gasteiger partial charge >= 0.3 is 0 Å². The molecule has 0 bridgehead atoms. The third kappa shape index (κ3) is 2.81. The molecule has 2 aromatic heterocycles. The molecular formula is C20H14ClN3O. The number of hydrogen-bond acceptors (Lipinski definition) is 4. The molecule has 0 radical (unpaired) electrons. The molecule has 2 heterocycles. The molecule has 0 fully saturated rings. The molecule has 4 rings (SSSR count). The zero-order valence-electron chi connectivity index (χ0n) is 13.5. The minimum absolute atomic E-state index is 0.159. The van der Waals surface area contributed by atoms with E-state index in [0.717, 1.165) is 33.4 Å². The van der Waals surface area contributed by atoms with Crippen LogP contribution in [0.15, 0.2) is 59.5 Å². The van der Waals surface area contributed by atoms with Gasteiger partial charge in [-0.3, -0.25) is 0 Å². The smallest absolute Gasteiger partial charge is 0.226 e. The van der Waals surface area contributed by atoms with Gasteiger partial charge in [0.1, 0.15) is 11.3 Å². The first kappa shape index (κ1) is 15.5. The van der Waals surface area contributed by atoms with E-state index in [1.165, 1.54) is 0 Å². The zero-order chi connectivity index (χ0) is 17.4. The van der Waals surface area contributed by atoms with E-state index in [2.05, 4.69) is 21.5 Å². The summed E-state index contributed by atoms with van der Waals surface area (Å²) in [5.41, 5.74) is 3.47. The van der Waals surface area contributed by atoms with Crippen molar-refractivity contribution >= 4 is 28.6 Å². The average Bonchev–Trinajstić information content (AvgIpc) is 2.96. The molecule has 0 aliphatic rings. The summed E-state index contributed by atoms with van der Waals surface area (Å²) in [4.78, 5) is 13.1. The average molecular weight is 348 g/mol. The van der Waals surface area contributed by atoms with Crippen LogP contribution >= 0.6 is 11.6 Å². The van der Waals surface area contributed by atoms with Gasteiger partial charge in [0, 0.05) is 22.1 Å². The number of fused-ring (bicyclic) bond motifs is 1. The summed E-state index contributed by atoms with van der Waals surface area (Å²) in [5.74, 6) is 1.88. The van der Waals surface area contributed by atoms with Crippen molar-refractivity contribution in [1.29, 1.82) is 0 Å². The lowest BCUT2D eigenvalue weighted by atomic mass is 10.1. The van der Waals surface area contributed by atoms with Gasteiger partial charge in [-0.1, -0.05) is 49.1 Å². The van der Waals surface area contributed by atoms with Crippen molar-refractivity contribution < 1.29 is 4.42 Å². The molecule has 25 heavy (non-hydrogen) atoms. The van der Waals surface area contributed by atoms with Crippen LogP contribution in [0.5, 0.6) is 0 Å². The highest BCUT2D eigenvalue weighted by Crippen LogP contribution is 2.30. The number of halogens is 1. The standard InChI is InChI=1S/C20H14ClN3O/c1-3-15-12(2)25-17-11-14(9-10-16(15)17)19-22-18(23-20(21)24-19)13-7-5-4-6-8-13/h3-11H,1H2,2H3. The van der Waals surface area contributed by atoms with Crippen LogP contribution in [-0.4, -0.2) is 15.0 Å². The predicted molar refractivity (Wildman–Crippen MR) is 100 cm³/mol. The molecule has 0 N–H and O–H groups in total. The van der Waals surface area contributed by atoms with Gasteiger partial charge in [-0.05, 0) is 30.7 Å². The summed E-state index contributed by atoms with van der Waals surface area (Å²) in [6.07, 6.45) is 1.80. The summed E-state index contributed by atoms with van der Waals surface area (Å²) in [6, 6.07) is 15.5. The number of hydrogen-bond donors (Lipinski definition) is 0. The van der Waals surface area contributed by atoms with Crippen LogP contribution in [0.2, 0.25) is 5.28 Å². The van der Waals surface area contributed by atoms with Gasteiger partial charge in [0.25, 0.3) is 0 Å². The number of rotatable bonds is 3. The summed E-state index contributed by atoms with van der Waals surface area (Å²) < 4.78 is 5.82. The lowest BCUT2D eigenvalue weighted by molar-refractivity contribution is 0.577. The Labute approximate surface area is 149 Å². The normalized spacial score (nSPS) is 11.0. The highest BCUT2D eigenvalue weighted by Gasteiger charge is 2.13. The monoisotopic (exact) mass is 347 g/mol. The van der Waals surface area contributed by atoms with Crippen molar-refractivity contribution in [3.8, 4) is 22.8 Å². The first-order chi connectivity index (χ1) is 12.2. The zero-order valence-corrected chi connectivity index (χ0v) is 14.3. The van der Waals surface area contributed by atoms with Gasteiger partial charge in [-0.25, -0.2) is 4.98 Å². The molecule has 4 nitrogen and oxygen atoms in total. The maximum Gasteiger partial charge on any atom is 0.226 e. The Morgan fingerprint density at radius 3 is 2.40 bits per heavy atom. The van der Waals surface area contributed by atoms with Gasteiger partial charge in [0.15, 0.2) is 11.6 Å². The van der Waals surface area contributed by atoms with Gasteiger partial charge < -0.3 is 4.42 Å². The van der Waals surface area contributed by atoms with Crippen LogP contribution in [0.4, 0.5) is 0 Å². The largest absolute Gasteiger partial charge is 0.461 e. The van der Waals surface area contributed by atoms with Gasteiger partial charge in [-0.15, -0.1) is 0 Å². The molecule has 0 saturated heterocycles. The fourth-order valence-corrected chi connectivity index (χ4v) is 2.99. The number of benzene rings is 2. The fourth-order valence-electron chi connectivity index (χ4n) is 2.83. The van der Waals surface area contributed by atoms with Crippen LogP contribution in [-0.2, 0) is 0 Å². The third-order valence-electron chi connectivity index (χ3n) is 4.02. The number of furan rings is 1. The maximum absolute atomic E-state index is 6.12. The predicted octanol–water partition coefficient (Wildman–Crippen LogP) is 5.56. The van der Waals surface area contributed by atoms with Crippen LogP contribution < -0.4 is 0 Å². The van der Waals surface area contributed by atoms with Crippen LogP contribution in [0.25, 0.3) is 39.8 Å². The second-order valence-corrected chi connectivity index (χ2v) is 5.94. The van der Waals surface area contributed by atoms with E-state index in [4.69, 9.17) is 16.0 Å². The summed E-state index contributed by atoms with van der Waals surface area (Å²) >= 11 is 6.12. The molecule has 0 aliphatic carbocycles. The second kappa shape index (κ2) is 6.15. The van der Waals surface area contributed by atoms with Gasteiger partial charge in [0.2, 0.25) is 5.28 Å². The number of aromatic nitrogens is 3. The van der Waals surface area contributed by atoms with E-state index >= 15 is 0 Å². The van der Waals surface area contributed by atoms with E-state index in [1.807, 2.05) is 55.5 Å². The summed E-state index contributed by atoms with van der Waals surface area (Å²) in [7, 11) is 0. The highest BCUT2D eigenvalue weighted by atomic mass is 35.5. The lowest BCUT2D eigenvalue weighted by Gasteiger charge is -2.05. The van der Waals surface area contributed by atoms with E-state index < -0.39 is 0 Å². The van der Waals surface area contributed by atoms with E-state index in [0.29, 0.717) is 11.6 Å². The van der Waals surface area contributed by atoms with Gasteiger partial charge in [-0.2, -0.15) is 9.97 Å². The molecule has 2 aromatic carbocycles. The first-order valence-electron chi connectivity index (χ1n) is 7.78. The quantitative estimate of drug-likeness (QED) is 0.487. The second-order valence-electron chi connectivity index (χ2n) is 5.60. The molecule has 0 atom stereocenters. The molecule has 0 aliphatic heterocycles. The molecular weight excluding hydrogens is 334 g/mol. The Balaban J connectivity index is 1.86. The fraction of sp³-hybridized carbons (Fsp3) is 0.0500. The van der Waals surface area contributed by atoms with Crippen molar-refractivity contribution in [2.45, 2.75) is 6.92 Å². The summed E-state index contributed by atoms with van der Waals surface area (Å²) in [5, 5.41) is 1.17. The number of nitrogens with zero attached hydrogens (tertiary/aromatic N) is 3. The Morgan fingerprint density at radius 1 is 0.960 bits per heavy atom. The molecule has 0 spiro atoms. The van der Waals surface area contributed by atoms with Crippen LogP contribution in [0.3, 0.4) is 0 Å². The van der Waals surface area contributed by atoms with Crippen LogP contribution in [0, 0.1) is 6.92 Å². The van der Waals surface area contributed by atoms with Gasteiger partial charge in [0.05, 0.1) is 0 Å². The number of aryl methyl sites for hydroxylation is 1. The maximum atomic E-state index is 6.12. The molecule has 0 amide bonds. The Kier molecular flexibility index (Phi) is 3.82. The van der Waals surface area contributed by atoms with E-state index in [1.54, 1.807) is 6.08 Å². The van der Waals surface area contributed by atoms with Crippen molar-refractivity contribution in [3.05, 3.63) is 71.7 Å². The Bertz CT molecular complexity index is 1090. The minimum atomic E-state index is 0.159. The molecule has 5 heteroatoms. The third-order valence-corrected chi connectivity index (χ3v) is 4.19. The first-order valence-corrected chi connectivity index (χ1v) is 8.16. The lowest BCUT2D eigenvalue weighted by Crippen LogP contribution is -1.97. The Morgan fingerprint density at radius 2 is 1.68 bits per heavy atom. The molecule has 122 valence electrons. The summed E-state index contributed by atoms with van der Waals surface area (Å²) in [6.45, 7) is 5.76. The van der Waals surface area contributed by atoms with Crippen molar-refractivity contribution in [3.63, 3.8) is 0 Å². The van der Waals surface area contributed by atoms with Crippen LogP contribution in [0.1, 0.15) is 11.3 Å². The highest BCUT2D eigenvalue weighted by molar-refractivity contribution is 6.28. The molecule has 4 aromatic rings.